The highest BCUT2D eigenvalue weighted by atomic mass is 16.2. The van der Waals surface area contributed by atoms with E-state index in [1.807, 2.05) is 0 Å². The van der Waals surface area contributed by atoms with Gasteiger partial charge in [-0.2, -0.15) is 0 Å². The molecule has 0 saturated heterocycles. The molecule has 0 radical (unpaired) electrons. The number of hydrogen-bond donors (Lipinski definition) is 1. The van der Waals surface area contributed by atoms with Crippen molar-refractivity contribution in [2.24, 2.45) is 0 Å². The molecule has 0 rings (SSSR count). The lowest BCUT2D eigenvalue weighted by molar-refractivity contribution is -0.890. The molecule has 2 heteroatoms. The first-order valence-electron chi connectivity index (χ1n) is 10.1. The summed E-state index contributed by atoms with van der Waals surface area (Å²) >= 11 is 0. The molecule has 0 bridgehead atoms. The van der Waals surface area contributed by atoms with E-state index in [0.717, 1.165) is 6.42 Å². The standard InChI is InChI=1S/C20H44NO/c1-4-5-6-7-8-9-10-11-12-15-18-21(2,3)19-16-13-14-17-20-22/h22H,4-20H2,1-3H3/q+1. The fourth-order valence-electron chi connectivity index (χ4n) is 3.14. The highest BCUT2D eigenvalue weighted by Crippen LogP contribution is 2.12. The van der Waals surface area contributed by atoms with Gasteiger partial charge in [0.2, 0.25) is 0 Å². The normalized spacial score (nSPS) is 12.0. The van der Waals surface area contributed by atoms with Crippen LogP contribution in [0.3, 0.4) is 0 Å². The Morgan fingerprint density at radius 1 is 0.545 bits per heavy atom. The van der Waals surface area contributed by atoms with Crippen LogP contribution in [-0.4, -0.2) is 43.4 Å². The zero-order chi connectivity index (χ0) is 16.5. The van der Waals surface area contributed by atoms with Crippen molar-refractivity contribution in [2.75, 3.05) is 33.8 Å². The van der Waals surface area contributed by atoms with Crippen molar-refractivity contribution in [2.45, 2.75) is 96.8 Å². The van der Waals surface area contributed by atoms with Gasteiger partial charge in [-0.25, -0.2) is 0 Å². The zero-order valence-electron chi connectivity index (χ0n) is 15.9. The van der Waals surface area contributed by atoms with Gasteiger partial charge < -0.3 is 9.59 Å². The molecule has 0 amide bonds. The Morgan fingerprint density at radius 2 is 0.909 bits per heavy atom. The summed E-state index contributed by atoms with van der Waals surface area (Å²) < 4.78 is 1.18. The smallest absolute Gasteiger partial charge is 0.0782 e. The lowest BCUT2D eigenvalue weighted by atomic mass is 10.1. The third-order valence-corrected chi connectivity index (χ3v) is 4.79. The van der Waals surface area contributed by atoms with Crippen LogP contribution in [0.4, 0.5) is 0 Å². The van der Waals surface area contributed by atoms with Gasteiger partial charge in [-0.05, 0) is 32.1 Å². The third kappa shape index (κ3) is 16.3. The summed E-state index contributed by atoms with van der Waals surface area (Å²) in [4.78, 5) is 0. The van der Waals surface area contributed by atoms with E-state index in [4.69, 9.17) is 5.11 Å². The van der Waals surface area contributed by atoms with Crippen molar-refractivity contribution in [3.63, 3.8) is 0 Å². The zero-order valence-corrected chi connectivity index (χ0v) is 15.9. The molecule has 1 N–H and O–H groups in total. The van der Waals surface area contributed by atoms with Crippen LogP contribution in [0.5, 0.6) is 0 Å². The number of quaternary nitrogens is 1. The molecule has 0 saturated carbocycles. The maximum absolute atomic E-state index is 8.78. The molecule has 0 heterocycles. The fraction of sp³-hybridized carbons (Fsp3) is 1.00. The molecule has 0 spiro atoms. The highest BCUT2D eigenvalue weighted by Gasteiger charge is 2.13. The van der Waals surface area contributed by atoms with E-state index in [1.54, 1.807) is 0 Å². The minimum Gasteiger partial charge on any atom is -0.396 e. The average molecular weight is 315 g/mol. The van der Waals surface area contributed by atoms with E-state index in [1.165, 1.54) is 101 Å². The van der Waals surface area contributed by atoms with Gasteiger partial charge in [0, 0.05) is 6.61 Å². The maximum Gasteiger partial charge on any atom is 0.0782 e. The summed E-state index contributed by atoms with van der Waals surface area (Å²) in [7, 11) is 4.75. The number of aliphatic hydroxyl groups excluding tert-OH is 1. The largest absolute Gasteiger partial charge is 0.396 e. The number of rotatable bonds is 17. The first kappa shape index (κ1) is 21.9. The molecule has 0 atom stereocenters. The Balaban J connectivity index is 3.30. The number of aliphatic hydroxyl groups is 1. The summed E-state index contributed by atoms with van der Waals surface area (Å²) in [5.41, 5.74) is 0. The predicted molar refractivity (Wildman–Crippen MR) is 99.2 cm³/mol. The van der Waals surface area contributed by atoms with Crippen molar-refractivity contribution in [1.82, 2.24) is 0 Å². The van der Waals surface area contributed by atoms with Gasteiger partial charge >= 0.3 is 0 Å². The van der Waals surface area contributed by atoms with E-state index in [9.17, 15) is 0 Å². The number of unbranched alkanes of at least 4 members (excludes halogenated alkanes) is 12. The first-order valence-corrected chi connectivity index (χ1v) is 10.1. The molecule has 0 aromatic carbocycles. The van der Waals surface area contributed by atoms with Crippen molar-refractivity contribution in [3.05, 3.63) is 0 Å². The average Bonchev–Trinajstić information content (AvgIpc) is 2.49. The molecule has 134 valence electrons. The summed E-state index contributed by atoms with van der Waals surface area (Å²) in [6.07, 6.45) is 19.0. The van der Waals surface area contributed by atoms with E-state index >= 15 is 0 Å². The quantitative estimate of drug-likeness (QED) is 0.276. The molecule has 0 fully saturated rings. The molecule has 0 aliphatic heterocycles. The van der Waals surface area contributed by atoms with Crippen molar-refractivity contribution >= 4 is 0 Å². The molecule has 0 aromatic heterocycles. The number of hydrogen-bond acceptors (Lipinski definition) is 1. The topological polar surface area (TPSA) is 20.2 Å². The van der Waals surface area contributed by atoms with E-state index < -0.39 is 0 Å². The molecule has 0 aliphatic rings. The van der Waals surface area contributed by atoms with Crippen LogP contribution >= 0.6 is 0 Å². The highest BCUT2D eigenvalue weighted by molar-refractivity contribution is 4.48. The Kier molecular flexibility index (Phi) is 15.7. The van der Waals surface area contributed by atoms with Gasteiger partial charge in [-0.15, -0.1) is 0 Å². The van der Waals surface area contributed by atoms with Crippen molar-refractivity contribution < 1.29 is 9.59 Å². The molecule has 22 heavy (non-hydrogen) atoms. The van der Waals surface area contributed by atoms with Crippen LogP contribution in [0.15, 0.2) is 0 Å². The Bertz CT molecular complexity index is 216. The molecule has 0 unspecified atom stereocenters. The Hall–Kier alpha value is -0.0800. The van der Waals surface area contributed by atoms with Crippen LogP contribution < -0.4 is 0 Å². The first-order chi connectivity index (χ1) is 10.6. The second-order valence-corrected chi connectivity index (χ2v) is 7.70. The van der Waals surface area contributed by atoms with Gasteiger partial charge in [-0.1, -0.05) is 64.7 Å². The van der Waals surface area contributed by atoms with Crippen LogP contribution in [0.2, 0.25) is 0 Å². The van der Waals surface area contributed by atoms with Crippen molar-refractivity contribution in [3.8, 4) is 0 Å². The summed E-state index contributed by atoms with van der Waals surface area (Å²) in [5.74, 6) is 0. The van der Waals surface area contributed by atoms with Crippen LogP contribution in [-0.2, 0) is 0 Å². The fourth-order valence-corrected chi connectivity index (χ4v) is 3.14. The van der Waals surface area contributed by atoms with E-state index in [2.05, 4.69) is 21.0 Å². The lowest BCUT2D eigenvalue weighted by Gasteiger charge is -2.30. The SMILES string of the molecule is CCCCCCCCCCCC[N+](C)(C)CCCCCCO. The lowest BCUT2D eigenvalue weighted by Crippen LogP contribution is -2.41. The molecular weight excluding hydrogens is 270 g/mol. The second kappa shape index (κ2) is 15.8. The van der Waals surface area contributed by atoms with Crippen LogP contribution in [0, 0.1) is 0 Å². The van der Waals surface area contributed by atoms with Gasteiger partial charge in [0.25, 0.3) is 0 Å². The van der Waals surface area contributed by atoms with E-state index in [-0.39, 0.29) is 0 Å². The second-order valence-electron chi connectivity index (χ2n) is 7.70. The van der Waals surface area contributed by atoms with Crippen molar-refractivity contribution in [1.29, 1.82) is 0 Å². The Labute approximate surface area is 140 Å². The van der Waals surface area contributed by atoms with Gasteiger partial charge in [0.05, 0.1) is 27.2 Å². The third-order valence-electron chi connectivity index (χ3n) is 4.79. The summed E-state index contributed by atoms with van der Waals surface area (Å²) in [6, 6.07) is 0. The summed E-state index contributed by atoms with van der Waals surface area (Å²) in [5, 5.41) is 8.78. The molecule has 0 aromatic rings. The van der Waals surface area contributed by atoms with E-state index in [0.29, 0.717) is 6.61 Å². The molecule has 2 nitrogen and oxygen atoms in total. The summed E-state index contributed by atoms with van der Waals surface area (Å²) in [6.45, 7) is 5.27. The molecule has 0 aliphatic carbocycles. The van der Waals surface area contributed by atoms with Gasteiger partial charge in [0.1, 0.15) is 0 Å². The minimum absolute atomic E-state index is 0.358. The molecular formula is C20H44NO+. The Morgan fingerprint density at radius 3 is 1.32 bits per heavy atom. The maximum atomic E-state index is 8.78. The van der Waals surface area contributed by atoms with Gasteiger partial charge in [0.15, 0.2) is 0 Å². The van der Waals surface area contributed by atoms with Crippen LogP contribution in [0.25, 0.3) is 0 Å². The van der Waals surface area contributed by atoms with Gasteiger partial charge in [-0.3, -0.25) is 0 Å². The predicted octanol–water partition coefficient (Wildman–Crippen LogP) is 5.54. The number of nitrogens with zero attached hydrogens (tertiary/aromatic N) is 1. The monoisotopic (exact) mass is 314 g/mol. The minimum atomic E-state index is 0.358. The van der Waals surface area contributed by atoms with Crippen LogP contribution in [0.1, 0.15) is 96.8 Å².